The van der Waals surface area contributed by atoms with E-state index in [9.17, 15) is 18.8 Å². The zero-order valence-corrected chi connectivity index (χ0v) is 23.2. The lowest BCUT2D eigenvalue weighted by Gasteiger charge is -2.36. The molecule has 5 rings (SSSR count). The molecular weight excluding hydrogens is 523 g/mol. The molecule has 2 fully saturated rings. The van der Waals surface area contributed by atoms with E-state index in [1.54, 1.807) is 48.4 Å². The molecule has 41 heavy (non-hydrogen) atoms. The zero-order valence-electron chi connectivity index (χ0n) is 23.2. The topological polar surface area (TPSA) is 82.2 Å². The quantitative estimate of drug-likeness (QED) is 0.416. The maximum absolute atomic E-state index is 13.3. The summed E-state index contributed by atoms with van der Waals surface area (Å²) < 4.78 is 18.5. The highest BCUT2D eigenvalue weighted by Crippen LogP contribution is 2.29. The largest absolute Gasteiger partial charge is 0.497 e. The third kappa shape index (κ3) is 7.03. The summed E-state index contributed by atoms with van der Waals surface area (Å²) in [5.41, 5.74) is 3.08. The SMILES string of the molecule is COc1ccc(C(=O)N2CCN(c3ccc(NC(=O)CN(Cc4ccc(F)cc4)C(=O)C4CCC4)cc3)CC2)cc1. The second-order valence-corrected chi connectivity index (χ2v) is 10.6. The number of amides is 3. The molecule has 1 heterocycles. The van der Waals surface area contributed by atoms with E-state index >= 15 is 0 Å². The maximum atomic E-state index is 13.3. The lowest BCUT2D eigenvalue weighted by Crippen LogP contribution is -2.48. The Bertz CT molecular complexity index is 1350. The van der Waals surface area contributed by atoms with Crippen LogP contribution in [0.4, 0.5) is 15.8 Å². The molecule has 0 unspecified atom stereocenters. The van der Waals surface area contributed by atoms with Crippen molar-refractivity contribution in [2.45, 2.75) is 25.8 Å². The van der Waals surface area contributed by atoms with Gasteiger partial charge in [0.25, 0.3) is 5.91 Å². The first-order chi connectivity index (χ1) is 19.9. The van der Waals surface area contributed by atoms with Crippen LogP contribution in [0.3, 0.4) is 0 Å². The molecule has 1 aliphatic carbocycles. The molecule has 1 saturated carbocycles. The summed E-state index contributed by atoms with van der Waals surface area (Å²) >= 11 is 0. The van der Waals surface area contributed by atoms with Crippen LogP contribution in [0.25, 0.3) is 0 Å². The van der Waals surface area contributed by atoms with Gasteiger partial charge in [-0.1, -0.05) is 18.6 Å². The lowest BCUT2D eigenvalue weighted by molar-refractivity contribution is -0.141. The monoisotopic (exact) mass is 558 g/mol. The highest BCUT2D eigenvalue weighted by Gasteiger charge is 2.30. The predicted octanol–water partition coefficient (Wildman–Crippen LogP) is 4.56. The maximum Gasteiger partial charge on any atom is 0.253 e. The summed E-state index contributed by atoms with van der Waals surface area (Å²) in [7, 11) is 1.60. The van der Waals surface area contributed by atoms with E-state index in [0.29, 0.717) is 37.4 Å². The Labute approximate surface area is 239 Å². The minimum atomic E-state index is -0.337. The Morgan fingerprint density at radius 1 is 0.902 bits per heavy atom. The van der Waals surface area contributed by atoms with Gasteiger partial charge in [0.2, 0.25) is 11.8 Å². The van der Waals surface area contributed by atoms with E-state index in [2.05, 4.69) is 10.2 Å². The molecule has 2 aliphatic rings. The molecule has 1 saturated heterocycles. The molecule has 9 heteroatoms. The molecule has 0 radical (unpaired) electrons. The van der Waals surface area contributed by atoms with Crippen molar-refractivity contribution in [1.29, 1.82) is 0 Å². The highest BCUT2D eigenvalue weighted by atomic mass is 19.1. The number of halogens is 1. The summed E-state index contributed by atoms with van der Waals surface area (Å²) in [5, 5.41) is 2.90. The Morgan fingerprint density at radius 2 is 1.56 bits per heavy atom. The number of carbonyl (C=O) groups excluding carboxylic acids is 3. The minimum Gasteiger partial charge on any atom is -0.497 e. The van der Waals surface area contributed by atoms with Crippen molar-refractivity contribution in [3.8, 4) is 5.75 Å². The van der Waals surface area contributed by atoms with Gasteiger partial charge in [0.15, 0.2) is 0 Å². The van der Waals surface area contributed by atoms with Crippen LogP contribution in [-0.2, 0) is 16.1 Å². The van der Waals surface area contributed by atoms with Gasteiger partial charge in [-0.3, -0.25) is 14.4 Å². The van der Waals surface area contributed by atoms with E-state index in [-0.39, 0.29) is 42.5 Å². The number of nitrogens with zero attached hydrogens (tertiary/aromatic N) is 3. The number of nitrogens with one attached hydrogen (secondary N) is 1. The van der Waals surface area contributed by atoms with Crippen molar-refractivity contribution < 1.29 is 23.5 Å². The molecule has 0 bridgehead atoms. The molecule has 0 atom stereocenters. The second kappa shape index (κ2) is 12.8. The van der Waals surface area contributed by atoms with Crippen molar-refractivity contribution in [2.75, 3.05) is 50.1 Å². The van der Waals surface area contributed by atoms with Crippen LogP contribution < -0.4 is 15.0 Å². The van der Waals surface area contributed by atoms with Gasteiger partial charge in [0.05, 0.1) is 7.11 Å². The van der Waals surface area contributed by atoms with Gasteiger partial charge < -0.3 is 24.8 Å². The highest BCUT2D eigenvalue weighted by molar-refractivity contribution is 5.95. The van der Waals surface area contributed by atoms with Crippen LogP contribution in [0.2, 0.25) is 0 Å². The van der Waals surface area contributed by atoms with Gasteiger partial charge in [0.1, 0.15) is 18.1 Å². The van der Waals surface area contributed by atoms with Crippen LogP contribution in [0.1, 0.15) is 35.2 Å². The van der Waals surface area contributed by atoms with Crippen molar-refractivity contribution in [2.24, 2.45) is 5.92 Å². The standard InChI is InChI=1S/C32H35FN4O4/c1-41-29-15-7-25(8-16-29)31(39)36-19-17-35(18-20-36)28-13-11-27(12-14-28)34-30(38)22-37(32(40)24-3-2-4-24)21-23-5-9-26(33)10-6-23/h5-16,24H,2-4,17-22H2,1H3,(H,34,38). The molecule has 1 aliphatic heterocycles. The van der Waals surface area contributed by atoms with Gasteiger partial charge in [-0.2, -0.15) is 0 Å². The second-order valence-electron chi connectivity index (χ2n) is 10.6. The molecule has 8 nitrogen and oxygen atoms in total. The molecular formula is C32H35FN4O4. The van der Waals surface area contributed by atoms with Crippen molar-refractivity contribution in [3.05, 3.63) is 89.7 Å². The van der Waals surface area contributed by atoms with Crippen LogP contribution in [0.5, 0.6) is 5.75 Å². The number of piperazine rings is 1. The fraction of sp³-hybridized carbons (Fsp3) is 0.344. The number of hydrogen-bond acceptors (Lipinski definition) is 5. The lowest BCUT2D eigenvalue weighted by atomic mass is 9.84. The first-order valence-electron chi connectivity index (χ1n) is 14.0. The smallest absolute Gasteiger partial charge is 0.253 e. The number of methoxy groups -OCH3 is 1. The fourth-order valence-corrected chi connectivity index (χ4v) is 5.15. The third-order valence-corrected chi connectivity index (χ3v) is 7.81. The Balaban J connectivity index is 1.14. The Morgan fingerprint density at radius 3 is 2.15 bits per heavy atom. The van der Waals surface area contributed by atoms with E-state index < -0.39 is 0 Å². The van der Waals surface area contributed by atoms with Crippen molar-refractivity contribution >= 4 is 29.1 Å². The number of carbonyl (C=O) groups is 3. The number of hydrogen-bond donors (Lipinski definition) is 1. The number of benzene rings is 3. The average molecular weight is 559 g/mol. The Kier molecular flexibility index (Phi) is 8.82. The van der Waals surface area contributed by atoms with E-state index in [4.69, 9.17) is 4.74 Å². The fourth-order valence-electron chi connectivity index (χ4n) is 5.15. The molecule has 0 spiro atoms. The number of rotatable bonds is 9. The molecule has 214 valence electrons. The summed E-state index contributed by atoms with van der Waals surface area (Å²) in [4.78, 5) is 44.4. The zero-order chi connectivity index (χ0) is 28.8. The normalized spacial score (nSPS) is 15.2. The average Bonchev–Trinajstić information content (AvgIpc) is 2.97. The van der Waals surface area contributed by atoms with Gasteiger partial charge in [-0.15, -0.1) is 0 Å². The summed E-state index contributed by atoms with van der Waals surface area (Å²) in [6, 6.07) is 20.8. The van der Waals surface area contributed by atoms with Crippen molar-refractivity contribution in [3.63, 3.8) is 0 Å². The predicted molar refractivity (Wildman–Crippen MR) is 155 cm³/mol. The van der Waals surface area contributed by atoms with Gasteiger partial charge >= 0.3 is 0 Å². The number of ether oxygens (including phenoxy) is 1. The molecule has 3 aromatic rings. The van der Waals surface area contributed by atoms with Crippen molar-refractivity contribution in [1.82, 2.24) is 9.80 Å². The van der Waals surface area contributed by atoms with Gasteiger partial charge in [-0.05, 0) is 79.1 Å². The number of anilines is 2. The molecule has 3 aromatic carbocycles. The van der Waals surface area contributed by atoms with E-state index in [0.717, 1.165) is 36.3 Å². The summed E-state index contributed by atoms with van der Waals surface area (Å²) in [6.07, 6.45) is 2.70. The van der Waals surface area contributed by atoms with Crippen LogP contribution >= 0.6 is 0 Å². The third-order valence-electron chi connectivity index (χ3n) is 7.81. The van der Waals surface area contributed by atoms with Crippen LogP contribution in [0.15, 0.2) is 72.8 Å². The molecule has 1 N–H and O–H groups in total. The Hall–Kier alpha value is -4.40. The molecule has 0 aromatic heterocycles. The summed E-state index contributed by atoms with van der Waals surface area (Å²) in [6.45, 7) is 2.82. The van der Waals surface area contributed by atoms with Gasteiger partial charge in [-0.25, -0.2) is 4.39 Å². The first-order valence-corrected chi connectivity index (χ1v) is 14.0. The van der Waals surface area contributed by atoms with Crippen LogP contribution in [-0.4, -0.2) is 67.4 Å². The summed E-state index contributed by atoms with van der Waals surface area (Å²) in [5.74, 6) is 0.0317. The van der Waals surface area contributed by atoms with Crippen LogP contribution in [0, 0.1) is 11.7 Å². The first kappa shape index (κ1) is 28.1. The van der Waals surface area contributed by atoms with E-state index in [1.165, 1.54) is 12.1 Å². The minimum absolute atomic E-state index is 0.00891. The molecule has 3 amide bonds. The van der Waals surface area contributed by atoms with E-state index in [1.807, 2.05) is 29.2 Å². The van der Waals surface area contributed by atoms with Gasteiger partial charge in [0, 0.05) is 55.6 Å².